The quantitative estimate of drug-likeness (QED) is 0.191. The van der Waals surface area contributed by atoms with Crippen molar-refractivity contribution in [3.63, 3.8) is 0 Å². The first kappa shape index (κ1) is 26.8. The molecule has 0 fully saturated rings. The molecule has 3 heterocycles. The van der Waals surface area contributed by atoms with Gasteiger partial charge in [0.25, 0.3) is 0 Å². The SMILES string of the molecule is c1ccc(-c2nc(-c3ccccc3)nc(-c3cccc4sc5c(-c6ccc7sc(-c8ccccc8)nc7c6)cccc5c34)n2)cc1. The number of benzene rings is 6. The number of hydrogen-bond acceptors (Lipinski definition) is 6. The van der Waals surface area contributed by atoms with E-state index in [1.165, 1.54) is 25.0 Å². The van der Waals surface area contributed by atoms with Crippen LogP contribution >= 0.6 is 22.7 Å². The molecule has 0 aliphatic carbocycles. The van der Waals surface area contributed by atoms with E-state index >= 15 is 0 Å². The van der Waals surface area contributed by atoms with Crippen molar-refractivity contribution < 1.29 is 0 Å². The smallest absolute Gasteiger partial charge is 0.164 e. The van der Waals surface area contributed by atoms with Gasteiger partial charge in [-0.3, -0.25) is 0 Å². The van der Waals surface area contributed by atoms with Crippen molar-refractivity contribution in [1.29, 1.82) is 0 Å². The Kier molecular flexibility index (Phi) is 6.47. The van der Waals surface area contributed by atoms with Crippen LogP contribution in [-0.4, -0.2) is 19.9 Å². The lowest BCUT2D eigenvalue weighted by atomic mass is 10.0. The van der Waals surface area contributed by atoms with Gasteiger partial charge in [-0.2, -0.15) is 0 Å². The molecular weight excluding hydrogens is 601 g/mol. The van der Waals surface area contributed by atoms with Crippen LogP contribution < -0.4 is 0 Å². The average Bonchev–Trinajstić information content (AvgIpc) is 3.74. The van der Waals surface area contributed by atoms with E-state index in [1.54, 1.807) is 11.3 Å². The minimum Gasteiger partial charge on any atom is -0.236 e. The summed E-state index contributed by atoms with van der Waals surface area (Å²) >= 11 is 3.54. The Bertz CT molecular complexity index is 2460. The molecule has 0 spiro atoms. The zero-order valence-electron chi connectivity index (χ0n) is 24.5. The van der Waals surface area contributed by atoms with Gasteiger partial charge in [-0.15, -0.1) is 22.7 Å². The van der Waals surface area contributed by atoms with Gasteiger partial charge in [0.05, 0.1) is 10.2 Å². The highest BCUT2D eigenvalue weighted by atomic mass is 32.1. The first-order valence-electron chi connectivity index (χ1n) is 15.1. The van der Waals surface area contributed by atoms with Crippen molar-refractivity contribution >= 4 is 53.1 Å². The second-order valence-electron chi connectivity index (χ2n) is 11.1. The molecule has 0 amide bonds. The Morgan fingerprint density at radius 2 is 1.00 bits per heavy atom. The number of aromatic nitrogens is 4. The standard InChI is InChI=1S/C40H24N4S2/c1-4-12-25(13-5-1)37-42-38(26-14-6-2-7-15-26)44-39(43-37)31-20-11-21-34-35(31)30-19-10-18-29(36(30)45-34)28-22-23-33-32(24-28)41-40(46-33)27-16-8-3-9-17-27/h1-24H. The molecule has 0 aliphatic rings. The zero-order valence-corrected chi connectivity index (χ0v) is 26.1. The van der Waals surface area contributed by atoms with Crippen molar-refractivity contribution in [3.8, 4) is 55.9 Å². The van der Waals surface area contributed by atoms with E-state index in [4.69, 9.17) is 19.9 Å². The largest absolute Gasteiger partial charge is 0.236 e. The lowest BCUT2D eigenvalue weighted by Gasteiger charge is -2.09. The monoisotopic (exact) mass is 624 g/mol. The molecule has 9 aromatic rings. The predicted octanol–water partition coefficient (Wildman–Crippen LogP) is 11.2. The van der Waals surface area contributed by atoms with Gasteiger partial charge in [0.1, 0.15) is 5.01 Å². The van der Waals surface area contributed by atoms with Crippen molar-refractivity contribution in [2.45, 2.75) is 0 Å². The molecule has 46 heavy (non-hydrogen) atoms. The Hall–Kier alpha value is -5.56. The van der Waals surface area contributed by atoms with Crippen molar-refractivity contribution in [2.24, 2.45) is 0 Å². The molecule has 0 aliphatic heterocycles. The summed E-state index contributed by atoms with van der Waals surface area (Å²) in [5.41, 5.74) is 7.45. The number of thiophene rings is 1. The fourth-order valence-corrected chi connectivity index (χ4v) is 8.21. The Morgan fingerprint density at radius 1 is 0.391 bits per heavy atom. The Labute approximate surface area is 273 Å². The maximum Gasteiger partial charge on any atom is 0.164 e. The van der Waals surface area contributed by atoms with Crippen LogP contribution in [-0.2, 0) is 0 Å². The molecule has 0 atom stereocenters. The topological polar surface area (TPSA) is 51.6 Å². The second kappa shape index (κ2) is 11.1. The van der Waals surface area contributed by atoms with Gasteiger partial charge in [-0.05, 0) is 29.3 Å². The van der Waals surface area contributed by atoms with E-state index in [0.717, 1.165) is 43.7 Å². The normalized spacial score (nSPS) is 11.5. The fourth-order valence-electron chi connectivity index (χ4n) is 5.99. The van der Waals surface area contributed by atoms with Crippen LogP contribution in [0.4, 0.5) is 0 Å². The van der Waals surface area contributed by atoms with Gasteiger partial charge in [0.2, 0.25) is 0 Å². The molecule has 6 heteroatoms. The van der Waals surface area contributed by atoms with Crippen LogP contribution in [0, 0.1) is 0 Å². The van der Waals surface area contributed by atoms with E-state index < -0.39 is 0 Å². The average molecular weight is 625 g/mol. The van der Waals surface area contributed by atoms with Crippen molar-refractivity contribution in [3.05, 3.63) is 146 Å². The number of nitrogens with zero attached hydrogens (tertiary/aromatic N) is 4. The van der Waals surface area contributed by atoms with Crippen LogP contribution in [0.5, 0.6) is 0 Å². The summed E-state index contributed by atoms with van der Waals surface area (Å²) in [6.07, 6.45) is 0. The summed E-state index contributed by atoms with van der Waals surface area (Å²) in [6, 6.07) is 50.3. The van der Waals surface area contributed by atoms with Crippen LogP contribution in [0.3, 0.4) is 0 Å². The van der Waals surface area contributed by atoms with Crippen molar-refractivity contribution in [2.75, 3.05) is 0 Å². The second-order valence-corrected chi connectivity index (χ2v) is 13.2. The number of fused-ring (bicyclic) bond motifs is 4. The van der Waals surface area contributed by atoms with E-state index in [0.29, 0.717) is 17.5 Å². The lowest BCUT2D eigenvalue weighted by Crippen LogP contribution is -2.00. The van der Waals surface area contributed by atoms with Crippen LogP contribution in [0.25, 0.3) is 86.3 Å². The summed E-state index contributed by atoms with van der Waals surface area (Å²) in [5, 5.41) is 3.40. The van der Waals surface area contributed by atoms with Gasteiger partial charge in [-0.1, -0.05) is 127 Å². The Balaban J connectivity index is 1.22. The summed E-state index contributed by atoms with van der Waals surface area (Å²) in [5.74, 6) is 1.99. The molecule has 0 saturated heterocycles. The van der Waals surface area contributed by atoms with Gasteiger partial charge >= 0.3 is 0 Å². The third-order valence-corrected chi connectivity index (χ3v) is 10.5. The number of thiazole rings is 1. The van der Waals surface area contributed by atoms with Crippen molar-refractivity contribution in [1.82, 2.24) is 19.9 Å². The van der Waals surface area contributed by atoms with Crippen LogP contribution in [0.15, 0.2) is 146 Å². The molecule has 0 N–H and O–H groups in total. The predicted molar refractivity (Wildman–Crippen MR) is 193 cm³/mol. The van der Waals surface area contributed by atoms with Gasteiger partial charge in [0.15, 0.2) is 17.5 Å². The van der Waals surface area contributed by atoms with E-state index in [9.17, 15) is 0 Å². The molecule has 0 bridgehead atoms. The molecule has 216 valence electrons. The first-order chi connectivity index (χ1) is 22.8. The summed E-state index contributed by atoms with van der Waals surface area (Å²) in [7, 11) is 0. The van der Waals surface area contributed by atoms with Crippen LogP contribution in [0.2, 0.25) is 0 Å². The highest BCUT2D eigenvalue weighted by Crippen LogP contribution is 2.44. The van der Waals surface area contributed by atoms with Crippen LogP contribution in [0.1, 0.15) is 0 Å². The molecule has 3 aromatic heterocycles. The van der Waals surface area contributed by atoms with E-state index in [-0.39, 0.29) is 0 Å². The molecular formula is C40H24N4S2. The number of hydrogen-bond donors (Lipinski definition) is 0. The van der Waals surface area contributed by atoms with Gasteiger partial charge in [-0.25, -0.2) is 19.9 Å². The minimum absolute atomic E-state index is 0.660. The highest BCUT2D eigenvalue weighted by Gasteiger charge is 2.18. The highest BCUT2D eigenvalue weighted by molar-refractivity contribution is 7.26. The fraction of sp³-hybridized carbons (Fsp3) is 0. The minimum atomic E-state index is 0.660. The third-order valence-electron chi connectivity index (χ3n) is 8.18. The van der Waals surface area contributed by atoms with E-state index in [2.05, 4.69) is 78.9 Å². The lowest BCUT2D eigenvalue weighted by molar-refractivity contribution is 1.08. The molecule has 4 nitrogen and oxygen atoms in total. The number of rotatable bonds is 5. The summed E-state index contributed by atoms with van der Waals surface area (Å²) < 4.78 is 3.62. The van der Waals surface area contributed by atoms with Gasteiger partial charge in [0, 0.05) is 42.4 Å². The molecule has 0 unspecified atom stereocenters. The van der Waals surface area contributed by atoms with Gasteiger partial charge < -0.3 is 0 Å². The molecule has 0 saturated carbocycles. The van der Waals surface area contributed by atoms with E-state index in [1.807, 2.05) is 78.1 Å². The Morgan fingerprint density at radius 3 is 1.70 bits per heavy atom. The third kappa shape index (κ3) is 4.67. The molecule has 6 aromatic carbocycles. The maximum absolute atomic E-state index is 5.05. The molecule has 9 rings (SSSR count). The molecule has 0 radical (unpaired) electrons. The first-order valence-corrected chi connectivity index (χ1v) is 16.7. The summed E-state index contributed by atoms with van der Waals surface area (Å²) in [4.78, 5) is 20.0. The zero-order chi connectivity index (χ0) is 30.5. The maximum atomic E-state index is 5.05. The summed E-state index contributed by atoms with van der Waals surface area (Å²) in [6.45, 7) is 0.